The summed E-state index contributed by atoms with van der Waals surface area (Å²) >= 11 is 0. The summed E-state index contributed by atoms with van der Waals surface area (Å²) in [6.45, 7) is 0.0178. The zero-order chi connectivity index (χ0) is 17.1. The monoisotopic (exact) mass is 326 g/mol. The van der Waals surface area contributed by atoms with Crippen molar-refractivity contribution in [2.75, 3.05) is 23.8 Å². The fraction of sp³-hybridized carbons (Fsp3) is 0.105. The maximum Gasteiger partial charge on any atom is 0.243 e. The van der Waals surface area contributed by atoms with Gasteiger partial charge in [-0.05, 0) is 23.6 Å². The molecule has 122 valence electrons. The molecule has 0 saturated heterocycles. The second-order valence-corrected chi connectivity index (χ2v) is 5.53. The van der Waals surface area contributed by atoms with Gasteiger partial charge in [-0.3, -0.25) is 4.79 Å². The number of hydrogen-bond donors (Lipinski definition) is 1. The molecule has 0 fully saturated rings. The molecule has 0 aliphatic heterocycles. The number of anilines is 2. The van der Waals surface area contributed by atoms with Gasteiger partial charge < -0.3 is 10.2 Å². The summed E-state index contributed by atoms with van der Waals surface area (Å²) in [5.41, 5.74) is 0.731. The Morgan fingerprint density at radius 3 is 2.62 bits per heavy atom. The molecule has 0 heterocycles. The van der Waals surface area contributed by atoms with Crippen molar-refractivity contribution in [3.8, 4) is 0 Å². The summed E-state index contributed by atoms with van der Waals surface area (Å²) in [5, 5.41) is 4.49. The van der Waals surface area contributed by atoms with E-state index in [9.17, 15) is 13.6 Å². The summed E-state index contributed by atoms with van der Waals surface area (Å²) in [7, 11) is 1.78. The van der Waals surface area contributed by atoms with Gasteiger partial charge in [0.05, 0.1) is 12.2 Å². The number of fused-ring (bicyclic) bond motifs is 1. The van der Waals surface area contributed by atoms with E-state index in [0.717, 1.165) is 34.7 Å². The van der Waals surface area contributed by atoms with Crippen LogP contribution in [0.3, 0.4) is 0 Å². The van der Waals surface area contributed by atoms with E-state index in [2.05, 4.69) is 5.32 Å². The summed E-state index contributed by atoms with van der Waals surface area (Å²) in [5.74, 6) is -1.69. The van der Waals surface area contributed by atoms with Gasteiger partial charge in [0, 0.05) is 24.2 Å². The molecule has 0 aliphatic carbocycles. The number of likely N-dealkylation sites (N-methyl/N-ethyl adjacent to an activating group) is 1. The highest BCUT2D eigenvalue weighted by Crippen LogP contribution is 2.25. The van der Waals surface area contributed by atoms with Gasteiger partial charge in [-0.2, -0.15) is 0 Å². The minimum Gasteiger partial charge on any atom is -0.365 e. The number of rotatable bonds is 4. The van der Waals surface area contributed by atoms with Crippen LogP contribution in [0.5, 0.6) is 0 Å². The predicted molar refractivity (Wildman–Crippen MR) is 92.2 cm³/mol. The zero-order valence-corrected chi connectivity index (χ0v) is 13.1. The van der Waals surface area contributed by atoms with Crippen LogP contribution in [-0.2, 0) is 4.79 Å². The van der Waals surface area contributed by atoms with Crippen LogP contribution in [0.25, 0.3) is 10.8 Å². The first-order valence-electron chi connectivity index (χ1n) is 7.48. The van der Waals surface area contributed by atoms with Gasteiger partial charge in [-0.25, -0.2) is 8.78 Å². The molecule has 3 aromatic carbocycles. The quantitative estimate of drug-likeness (QED) is 0.779. The lowest BCUT2D eigenvalue weighted by Crippen LogP contribution is -2.30. The largest absolute Gasteiger partial charge is 0.365 e. The van der Waals surface area contributed by atoms with Crippen molar-refractivity contribution >= 4 is 28.1 Å². The molecule has 5 heteroatoms. The van der Waals surface area contributed by atoms with Crippen LogP contribution in [0, 0.1) is 11.6 Å². The average molecular weight is 326 g/mol. The smallest absolute Gasteiger partial charge is 0.243 e. The third-order valence-electron chi connectivity index (χ3n) is 3.76. The Kier molecular flexibility index (Phi) is 4.42. The molecule has 0 radical (unpaired) electrons. The van der Waals surface area contributed by atoms with Crippen LogP contribution in [0.4, 0.5) is 20.2 Å². The van der Waals surface area contributed by atoms with E-state index in [0.29, 0.717) is 0 Å². The molecule has 0 aromatic heterocycles. The van der Waals surface area contributed by atoms with Crippen molar-refractivity contribution in [1.82, 2.24) is 0 Å². The topological polar surface area (TPSA) is 32.3 Å². The van der Waals surface area contributed by atoms with E-state index in [1.165, 1.54) is 0 Å². The normalized spacial score (nSPS) is 10.6. The van der Waals surface area contributed by atoms with Crippen LogP contribution in [0.1, 0.15) is 0 Å². The van der Waals surface area contributed by atoms with E-state index < -0.39 is 17.5 Å². The molecule has 3 aromatic rings. The van der Waals surface area contributed by atoms with Crippen molar-refractivity contribution in [3.05, 3.63) is 72.3 Å². The van der Waals surface area contributed by atoms with Crippen molar-refractivity contribution in [1.29, 1.82) is 0 Å². The first kappa shape index (κ1) is 15.9. The lowest BCUT2D eigenvalue weighted by molar-refractivity contribution is -0.114. The van der Waals surface area contributed by atoms with Crippen molar-refractivity contribution in [3.63, 3.8) is 0 Å². The Bertz CT molecular complexity index is 890. The summed E-state index contributed by atoms with van der Waals surface area (Å²) in [6.07, 6.45) is 0. The van der Waals surface area contributed by atoms with Crippen molar-refractivity contribution in [2.24, 2.45) is 0 Å². The zero-order valence-electron chi connectivity index (χ0n) is 13.1. The predicted octanol–water partition coefficient (Wildman–Crippen LogP) is 4.19. The molecular weight excluding hydrogens is 310 g/mol. The minimum atomic E-state index is -0.669. The first-order valence-corrected chi connectivity index (χ1v) is 7.48. The lowest BCUT2D eigenvalue weighted by Gasteiger charge is -2.20. The van der Waals surface area contributed by atoms with Crippen LogP contribution in [0.2, 0.25) is 0 Å². The molecule has 1 N–H and O–H groups in total. The molecule has 0 bridgehead atoms. The van der Waals surface area contributed by atoms with Gasteiger partial charge >= 0.3 is 0 Å². The number of halogens is 2. The maximum absolute atomic E-state index is 13.6. The van der Waals surface area contributed by atoms with E-state index in [1.807, 2.05) is 42.5 Å². The molecule has 24 heavy (non-hydrogen) atoms. The van der Waals surface area contributed by atoms with Crippen LogP contribution in [-0.4, -0.2) is 19.5 Å². The fourth-order valence-corrected chi connectivity index (χ4v) is 2.62. The highest BCUT2D eigenvalue weighted by Gasteiger charge is 2.12. The van der Waals surface area contributed by atoms with E-state index in [4.69, 9.17) is 0 Å². The van der Waals surface area contributed by atoms with Gasteiger partial charge in [0.1, 0.15) is 11.6 Å². The first-order chi connectivity index (χ1) is 11.5. The van der Waals surface area contributed by atoms with Crippen molar-refractivity contribution < 1.29 is 13.6 Å². The number of carbonyl (C=O) groups excluding carboxylic acids is 1. The number of amides is 1. The van der Waals surface area contributed by atoms with Gasteiger partial charge in [-0.1, -0.05) is 36.4 Å². The number of nitrogens with zero attached hydrogens (tertiary/aromatic N) is 1. The van der Waals surface area contributed by atoms with E-state index in [-0.39, 0.29) is 12.2 Å². The van der Waals surface area contributed by atoms with Gasteiger partial charge in [-0.15, -0.1) is 0 Å². The summed E-state index contributed by atoms with van der Waals surface area (Å²) < 4.78 is 26.8. The Morgan fingerprint density at radius 2 is 1.79 bits per heavy atom. The third-order valence-corrected chi connectivity index (χ3v) is 3.76. The number of benzene rings is 3. The van der Waals surface area contributed by atoms with Crippen molar-refractivity contribution in [2.45, 2.75) is 0 Å². The summed E-state index contributed by atoms with van der Waals surface area (Å²) in [6, 6.07) is 16.6. The van der Waals surface area contributed by atoms with Crippen LogP contribution in [0.15, 0.2) is 60.7 Å². The SMILES string of the molecule is CN(CC(=O)Nc1cc(F)ccc1F)c1cccc2ccccc12. The molecule has 0 unspecified atom stereocenters. The minimum absolute atomic E-state index is 0.0178. The van der Waals surface area contributed by atoms with Crippen LogP contribution >= 0.6 is 0 Å². The summed E-state index contributed by atoms with van der Waals surface area (Å²) in [4.78, 5) is 13.9. The maximum atomic E-state index is 13.6. The molecule has 3 rings (SSSR count). The standard InChI is InChI=1S/C19H16F2N2O/c1-23(18-8-4-6-13-5-2-3-7-15(13)18)12-19(24)22-17-11-14(20)9-10-16(17)21/h2-11H,12H2,1H3,(H,22,24). The fourth-order valence-electron chi connectivity index (χ4n) is 2.62. The second-order valence-electron chi connectivity index (χ2n) is 5.53. The lowest BCUT2D eigenvalue weighted by atomic mass is 10.1. The van der Waals surface area contributed by atoms with Gasteiger partial charge in [0.15, 0.2) is 0 Å². The second kappa shape index (κ2) is 6.66. The molecule has 0 atom stereocenters. The number of carbonyl (C=O) groups is 1. The molecule has 0 spiro atoms. The Labute approximate surface area is 138 Å². The molecule has 1 amide bonds. The molecular formula is C19H16F2N2O. The van der Waals surface area contributed by atoms with E-state index in [1.54, 1.807) is 11.9 Å². The Morgan fingerprint density at radius 1 is 1.04 bits per heavy atom. The average Bonchev–Trinajstić information content (AvgIpc) is 2.57. The highest BCUT2D eigenvalue weighted by atomic mass is 19.1. The third kappa shape index (κ3) is 3.35. The van der Waals surface area contributed by atoms with Gasteiger partial charge in [0.25, 0.3) is 0 Å². The number of nitrogens with one attached hydrogen (secondary N) is 1. The highest BCUT2D eigenvalue weighted by molar-refractivity contribution is 5.98. The molecule has 3 nitrogen and oxygen atoms in total. The van der Waals surface area contributed by atoms with Gasteiger partial charge in [0.2, 0.25) is 5.91 Å². The van der Waals surface area contributed by atoms with Crippen LogP contribution < -0.4 is 10.2 Å². The Hall–Kier alpha value is -2.95. The number of hydrogen-bond acceptors (Lipinski definition) is 2. The molecule has 0 saturated carbocycles. The Balaban J connectivity index is 1.77. The molecule has 0 aliphatic rings. The van der Waals surface area contributed by atoms with E-state index >= 15 is 0 Å².